The second kappa shape index (κ2) is 10.1. The lowest BCUT2D eigenvalue weighted by atomic mass is 9.43. The Labute approximate surface area is 221 Å². The lowest BCUT2D eigenvalue weighted by Crippen LogP contribution is -2.65. The van der Waals surface area contributed by atoms with Crippen LogP contribution < -0.4 is 5.32 Å². The molecule has 0 unspecified atom stereocenters. The Morgan fingerprint density at radius 1 is 1.27 bits per heavy atom. The van der Waals surface area contributed by atoms with Crippen LogP contribution in [0.5, 0.6) is 0 Å². The monoisotopic (exact) mass is 508 g/mol. The maximum absolute atomic E-state index is 13.0. The van der Waals surface area contributed by atoms with Crippen LogP contribution in [0, 0.1) is 24.2 Å². The Morgan fingerprint density at radius 3 is 2.73 bits per heavy atom. The Morgan fingerprint density at radius 2 is 2.03 bits per heavy atom. The third-order valence-corrected chi connectivity index (χ3v) is 9.71. The first kappa shape index (κ1) is 26.3. The Bertz CT molecular complexity index is 1030. The summed E-state index contributed by atoms with van der Waals surface area (Å²) in [6.45, 7) is 13.4. The van der Waals surface area contributed by atoms with Crippen LogP contribution in [-0.4, -0.2) is 60.9 Å². The SMILES string of the molecule is C=CC(=O)N1CCC[C@@H]1COC(=O)N[C@@H](CCc1ccc(C)cc1)B1O[C@@H]2C[C@@H]3C[C@@H](C3(C)C)[C@]2(C)O1. The molecule has 0 aromatic heterocycles. The zero-order chi connectivity index (χ0) is 26.4. The van der Waals surface area contributed by atoms with Crippen LogP contribution in [0.15, 0.2) is 36.9 Å². The van der Waals surface area contributed by atoms with Crippen molar-refractivity contribution in [2.24, 2.45) is 17.3 Å². The standard InChI is InChI=1S/C29H41BN2O5/c1-6-26(33)32-15-7-8-22(32)18-35-27(34)31-25(14-13-20-11-9-19(2)10-12-20)30-36-24-17-21-16-23(28(21,3)4)29(24,5)37-30/h6,9-12,21-25H,1,7-8,13-18H2,2-5H3,(H,31,34)/t21-,22+,23-,24+,25-,29-/m0/s1. The van der Waals surface area contributed by atoms with Gasteiger partial charge in [-0.1, -0.05) is 50.3 Å². The van der Waals surface area contributed by atoms with E-state index < -0.39 is 13.2 Å². The van der Waals surface area contributed by atoms with Gasteiger partial charge < -0.3 is 24.3 Å². The highest BCUT2D eigenvalue weighted by molar-refractivity contribution is 6.47. The van der Waals surface area contributed by atoms with Gasteiger partial charge in [-0.3, -0.25) is 4.79 Å². The molecule has 7 nitrogen and oxygen atoms in total. The first-order valence-electron chi connectivity index (χ1n) is 13.9. The zero-order valence-electron chi connectivity index (χ0n) is 22.7. The van der Waals surface area contributed by atoms with Gasteiger partial charge in [-0.25, -0.2) is 4.79 Å². The maximum atomic E-state index is 13.0. The number of alkyl carbamates (subject to hydrolysis) is 1. The fourth-order valence-electron chi connectivity index (χ4n) is 7.21. The van der Waals surface area contributed by atoms with Crippen molar-refractivity contribution in [3.8, 4) is 0 Å². The number of ether oxygens (including phenoxy) is 1. The number of nitrogens with zero attached hydrogens (tertiary/aromatic N) is 1. The summed E-state index contributed by atoms with van der Waals surface area (Å²) >= 11 is 0. The topological polar surface area (TPSA) is 77.1 Å². The maximum Gasteiger partial charge on any atom is 0.481 e. The molecule has 0 spiro atoms. The minimum Gasteiger partial charge on any atom is -0.447 e. The first-order chi connectivity index (χ1) is 17.6. The van der Waals surface area contributed by atoms with Gasteiger partial charge in [0, 0.05) is 6.54 Å². The van der Waals surface area contributed by atoms with Crippen LogP contribution >= 0.6 is 0 Å². The predicted octanol–water partition coefficient (Wildman–Crippen LogP) is 4.47. The summed E-state index contributed by atoms with van der Waals surface area (Å²) in [4.78, 5) is 26.8. The van der Waals surface area contributed by atoms with E-state index in [1.54, 1.807) is 4.90 Å². The zero-order valence-corrected chi connectivity index (χ0v) is 22.7. The first-order valence-corrected chi connectivity index (χ1v) is 13.9. The van der Waals surface area contributed by atoms with Gasteiger partial charge in [0.05, 0.1) is 23.7 Å². The average molecular weight is 508 g/mol. The lowest BCUT2D eigenvalue weighted by Gasteiger charge is -2.64. The van der Waals surface area contributed by atoms with E-state index in [9.17, 15) is 9.59 Å². The molecule has 200 valence electrons. The number of benzene rings is 1. The highest BCUT2D eigenvalue weighted by atomic mass is 16.7. The van der Waals surface area contributed by atoms with Gasteiger partial charge >= 0.3 is 13.2 Å². The van der Waals surface area contributed by atoms with E-state index in [1.807, 2.05) is 0 Å². The van der Waals surface area contributed by atoms with Gasteiger partial charge in [0.15, 0.2) is 0 Å². The largest absolute Gasteiger partial charge is 0.481 e. The fourth-order valence-corrected chi connectivity index (χ4v) is 7.21. The van der Waals surface area contributed by atoms with Crippen molar-refractivity contribution in [3.63, 3.8) is 0 Å². The van der Waals surface area contributed by atoms with Crippen molar-refractivity contribution in [3.05, 3.63) is 48.0 Å². The van der Waals surface area contributed by atoms with E-state index in [2.05, 4.69) is 63.9 Å². The minimum absolute atomic E-state index is 0.0472. The van der Waals surface area contributed by atoms with E-state index >= 15 is 0 Å². The third-order valence-electron chi connectivity index (χ3n) is 9.71. The smallest absolute Gasteiger partial charge is 0.447 e. The molecule has 2 bridgehead atoms. The number of likely N-dealkylation sites (tertiary alicyclic amines) is 1. The third kappa shape index (κ3) is 4.95. The highest BCUT2D eigenvalue weighted by Gasteiger charge is 2.68. The minimum atomic E-state index is -0.520. The molecule has 8 heteroatoms. The molecule has 3 aliphatic carbocycles. The predicted molar refractivity (Wildman–Crippen MR) is 143 cm³/mol. The van der Waals surface area contributed by atoms with E-state index in [-0.39, 0.29) is 41.6 Å². The highest BCUT2D eigenvalue weighted by Crippen LogP contribution is 2.65. The second-order valence-electron chi connectivity index (χ2n) is 12.2. The quantitative estimate of drug-likeness (QED) is 0.414. The second-order valence-corrected chi connectivity index (χ2v) is 12.2. The molecule has 2 heterocycles. The Kier molecular flexibility index (Phi) is 7.18. The summed E-state index contributed by atoms with van der Waals surface area (Å²) in [5.74, 6) is 0.655. The molecule has 0 radical (unpaired) electrons. The Hall–Kier alpha value is -2.32. The number of hydrogen-bond donors (Lipinski definition) is 1. The van der Waals surface area contributed by atoms with Crippen LogP contribution in [0.3, 0.4) is 0 Å². The van der Waals surface area contributed by atoms with E-state index in [0.717, 1.165) is 25.7 Å². The number of aryl methyl sites for hydroxylation is 2. The van der Waals surface area contributed by atoms with E-state index in [1.165, 1.54) is 23.6 Å². The van der Waals surface area contributed by atoms with Crippen LogP contribution in [-0.2, 0) is 25.3 Å². The van der Waals surface area contributed by atoms with Crippen molar-refractivity contribution in [2.45, 2.75) is 89.9 Å². The molecule has 1 N–H and O–H groups in total. The van der Waals surface area contributed by atoms with Gasteiger partial charge in [-0.2, -0.15) is 0 Å². The lowest BCUT2D eigenvalue weighted by molar-refractivity contribution is -0.199. The van der Waals surface area contributed by atoms with Crippen LogP contribution in [0.25, 0.3) is 0 Å². The summed E-state index contributed by atoms with van der Waals surface area (Å²) in [5.41, 5.74) is 2.34. The van der Waals surface area contributed by atoms with Gasteiger partial charge in [-0.15, -0.1) is 0 Å². The summed E-state index contributed by atoms with van der Waals surface area (Å²) in [5, 5.41) is 3.06. The average Bonchev–Trinajstić information content (AvgIpc) is 3.49. The molecule has 5 fully saturated rings. The number of amides is 2. The molecule has 2 saturated heterocycles. The van der Waals surface area contributed by atoms with Crippen molar-refractivity contribution in [2.75, 3.05) is 13.2 Å². The van der Waals surface area contributed by atoms with Crippen molar-refractivity contribution in [1.82, 2.24) is 10.2 Å². The number of carbonyl (C=O) groups excluding carboxylic acids is 2. The summed E-state index contributed by atoms with van der Waals surface area (Å²) in [6.07, 6.45) is 6.23. The Balaban J connectivity index is 1.25. The van der Waals surface area contributed by atoms with Crippen molar-refractivity contribution in [1.29, 1.82) is 0 Å². The summed E-state index contributed by atoms with van der Waals surface area (Å²) in [7, 11) is -0.520. The molecule has 5 aliphatic rings. The number of hydrogen-bond acceptors (Lipinski definition) is 5. The van der Waals surface area contributed by atoms with Crippen LogP contribution in [0.4, 0.5) is 4.79 Å². The molecular formula is C29H41BN2O5. The number of nitrogens with one attached hydrogen (secondary N) is 1. The van der Waals surface area contributed by atoms with Gasteiger partial charge in [-0.05, 0) is 81.3 Å². The van der Waals surface area contributed by atoms with E-state index in [0.29, 0.717) is 24.8 Å². The van der Waals surface area contributed by atoms with Crippen molar-refractivity contribution < 1.29 is 23.6 Å². The fraction of sp³-hybridized carbons (Fsp3) is 0.655. The molecule has 6 atom stereocenters. The van der Waals surface area contributed by atoms with Crippen LogP contribution in [0.2, 0.25) is 0 Å². The number of rotatable bonds is 8. The van der Waals surface area contributed by atoms with Gasteiger partial charge in [0.2, 0.25) is 5.91 Å². The normalized spacial score (nSPS) is 32.3. The van der Waals surface area contributed by atoms with Gasteiger partial charge in [0.25, 0.3) is 0 Å². The molecule has 6 rings (SSSR count). The summed E-state index contributed by atoms with van der Waals surface area (Å²) in [6, 6.07) is 8.36. The van der Waals surface area contributed by atoms with Gasteiger partial charge in [0.1, 0.15) is 6.61 Å². The molecule has 1 aromatic rings. The molecular weight excluding hydrogens is 467 g/mol. The summed E-state index contributed by atoms with van der Waals surface area (Å²) < 4.78 is 18.8. The molecule has 1 aromatic carbocycles. The molecule has 2 amide bonds. The molecule has 3 saturated carbocycles. The van der Waals surface area contributed by atoms with Crippen LogP contribution in [0.1, 0.15) is 64.0 Å². The van der Waals surface area contributed by atoms with Crippen molar-refractivity contribution >= 4 is 19.1 Å². The molecule has 37 heavy (non-hydrogen) atoms. The number of carbonyl (C=O) groups is 2. The van der Waals surface area contributed by atoms with E-state index in [4.69, 9.17) is 14.0 Å². The molecule has 2 aliphatic heterocycles.